The lowest BCUT2D eigenvalue weighted by Crippen LogP contribution is -2.21. The van der Waals surface area contributed by atoms with Gasteiger partial charge in [0.05, 0.1) is 12.2 Å². The van der Waals surface area contributed by atoms with E-state index in [1.807, 2.05) is 54.6 Å². The zero-order chi connectivity index (χ0) is 15.1. The predicted octanol–water partition coefficient (Wildman–Crippen LogP) is 3.81. The van der Waals surface area contributed by atoms with E-state index in [1.165, 1.54) is 0 Å². The summed E-state index contributed by atoms with van der Waals surface area (Å²) >= 11 is 0. The van der Waals surface area contributed by atoms with Gasteiger partial charge in [-0.15, -0.1) is 0 Å². The van der Waals surface area contributed by atoms with Crippen LogP contribution in [0, 0.1) is 0 Å². The van der Waals surface area contributed by atoms with Gasteiger partial charge >= 0.3 is 0 Å². The molecule has 0 saturated heterocycles. The van der Waals surface area contributed by atoms with Gasteiger partial charge in [0.15, 0.2) is 0 Å². The Morgan fingerprint density at radius 1 is 0.905 bits per heavy atom. The molecule has 2 rings (SSSR count). The lowest BCUT2D eigenvalue weighted by atomic mass is 10.1. The predicted molar refractivity (Wildman–Crippen MR) is 83.6 cm³/mol. The Labute approximate surface area is 126 Å². The number of hydrogen-bond donors (Lipinski definition) is 1. The summed E-state index contributed by atoms with van der Waals surface area (Å²) in [5, 5.41) is 9.66. The second-order valence-electron chi connectivity index (χ2n) is 5.66. The summed E-state index contributed by atoms with van der Waals surface area (Å²) in [5.41, 5.74) is 0.423. The fourth-order valence-corrected chi connectivity index (χ4v) is 1.81. The maximum atomic E-state index is 9.66. The summed E-state index contributed by atoms with van der Waals surface area (Å²) in [4.78, 5) is 0. The maximum Gasteiger partial charge on any atom is 0.123 e. The monoisotopic (exact) mass is 286 g/mol. The third-order valence-electron chi connectivity index (χ3n) is 3.04. The van der Waals surface area contributed by atoms with E-state index in [9.17, 15) is 5.11 Å². The highest BCUT2D eigenvalue weighted by Crippen LogP contribution is 2.21. The van der Waals surface area contributed by atoms with Crippen molar-refractivity contribution in [2.24, 2.45) is 0 Å². The van der Waals surface area contributed by atoms with Crippen LogP contribution in [0.25, 0.3) is 0 Å². The molecule has 0 atom stereocenters. The summed E-state index contributed by atoms with van der Waals surface area (Å²) in [7, 11) is 0. The molecular weight excluding hydrogens is 264 g/mol. The molecule has 0 amide bonds. The highest BCUT2D eigenvalue weighted by Gasteiger charge is 2.12. The SMILES string of the molecule is CC(C)(O)CCOc1cccc(OCc2ccccc2)c1. The fourth-order valence-electron chi connectivity index (χ4n) is 1.81. The largest absolute Gasteiger partial charge is 0.493 e. The van der Waals surface area contributed by atoms with Crippen molar-refractivity contribution in [2.75, 3.05) is 6.61 Å². The number of rotatable bonds is 7. The van der Waals surface area contributed by atoms with Crippen LogP contribution in [0.3, 0.4) is 0 Å². The molecule has 0 heterocycles. The second-order valence-corrected chi connectivity index (χ2v) is 5.66. The van der Waals surface area contributed by atoms with Crippen molar-refractivity contribution in [3.63, 3.8) is 0 Å². The van der Waals surface area contributed by atoms with Crippen LogP contribution >= 0.6 is 0 Å². The Balaban J connectivity index is 1.86. The molecule has 21 heavy (non-hydrogen) atoms. The maximum absolute atomic E-state index is 9.66. The van der Waals surface area contributed by atoms with Gasteiger partial charge in [-0.2, -0.15) is 0 Å². The average Bonchev–Trinajstić information content (AvgIpc) is 2.45. The van der Waals surface area contributed by atoms with E-state index in [0.29, 0.717) is 19.6 Å². The zero-order valence-electron chi connectivity index (χ0n) is 12.6. The van der Waals surface area contributed by atoms with Crippen LogP contribution in [0.4, 0.5) is 0 Å². The van der Waals surface area contributed by atoms with Crippen LogP contribution < -0.4 is 9.47 Å². The van der Waals surface area contributed by atoms with Crippen molar-refractivity contribution in [3.8, 4) is 11.5 Å². The molecule has 0 aliphatic carbocycles. The molecule has 0 aliphatic rings. The van der Waals surface area contributed by atoms with E-state index in [0.717, 1.165) is 17.1 Å². The molecule has 0 fully saturated rings. The van der Waals surface area contributed by atoms with Crippen molar-refractivity contribution < 1.29 is 14.6 Å². The molecule has 0 radical (unpaired) electrons. The molecule has 0 spiro atoms. The molecular formula is C18H22O3. The smallest absolute Gasteiger partial charge is 0.123 e. The number of aliphatic hydroxyl groups is 1. The molecule has 0 aliphatic heterocycles. The lowest BCUT2D eigenvalue weighted by Gasteiger charge is -2.17. The van der Waals surface area contributed by atoms with Gasteiger partial charge in [-0.1, -0.05) is 36.4 Å². The Hall–Kier alpha value is -2.00. The van der Waals surface area contributed by atoms with Crippen LogP contribution in [-0.4, -0.2) is 17.3 Å². The Bertz CT molecular complexity index is 544. The Morgan fingerprint density at radius 3 is 2.24 bits per heavy atom. The highest BCUT2D eigenvalue weighted by atomic mass is 16.5. The first-order chi connectivity index (χ1) is 10.0. The first kappa shape index (κ1) is 15.4. The van der Waals surface area contributed by atoms with Gasteiger partial charge in [-0.25, -0.2) is 0 Å². The minimum absolute atomic E-state index is 0.478. The van der Waals surface area contributed by atoms with Crippen LogP contribution in [0.5, 0.6) is 11.5 Å². The minimum atomic E-state index is -0.707. The van der Waals surface area contributed by atoms with Gasteiger partial charge in [-0.3, -0.25) is 0 Å². The Morgan fingerprint density at radius 2 is 1.57 bits per heavy atom. The number of hydrogen-bond acceptors (Lipinski definition) is 3. The van der Waals surface area contributed by atoms with Gasteiger partial charge in [0.2, 0.25) is 0 Å². The summed E-state index contributed by atoms with van der Waals surface area (Å²) in [5.74, 6) is 1.53. The van der Waals surface area contributed by atoms with Gasteiger partial charge < -0.3 is 14.6 Å². The summed E-state index contributed by atoms with van der Waals surface area (Å²) in [6, 6.07) is 17.6. The van der Waals surface area contributed by atoms with E-state index < -0.39 is 5.60 Å². The topological polar surface area (TPSA) is 38.7 Å². The quantitative estimate of drug-likeness (QED) is 0.841. The average molecular weight is 286 g/mol. The molecule has 3 heteroatoms. The molecule has 0 aromatic heterocycles. The molecule has 2 aromatic carbocycles. The fraction of sp³-hybridized carbons (Fsp3) is 0.333. The van der Waals surface area contributed by atoms with E-state index in [-0.39, 0.29) is 0 Å². The van der Waals surface area contributed by atoms with Crippen LogP contribution in [-0.2, 0) is 6.61 Å². The number of benzene rings is 2. The van der Waals surface area contributed by atoms with Gasteiger partial charge in [-0.05, 0) is 31.5 Å². The van der Waals surface area contributed by atoms with E-state index in [1.54, 1.807) is 13.8 Å². The van der Waals surface area contributed by atoms with E-state index >= 15 is 0 Å². The molecule has 0 unspecified atom stereocenters. The molecule has 1 N–H and O–H groups in total. The van der Waals surface area contributed by atoms with E-state index in [2.05, 4.69) is 0 Å². The van der Waals surface area contributed by atoms with Crippen molar-refractivity contribution >= 4 is 0 Å². The third-order valence-corrected chi connectivity index (χ3v) is 3.04. The first-order valence-corrected chi connectivity index (χ1v) is 7.15. The van der Waals surface area contributed by atoms with Crippen molar-refractivity contribution in [1.82, 2.24) is 0 Å². The van der Waals surface area contributed by atoms with Gasteiger partial charge in [0.25, 0.3) is 0 Å². The third kappa shape index (κ3) is 5.88. The highest BCUT2D eigenvalue weighted by molar-refractivity contribution is 5.33. The normalized spacial score (nSPS) is 11.2. The summed E-state index contributed by atoms with van der Waals surface area (Å²) in [6.07, 6.45) is 0.585. The Kier molecular flexibility index (Phi) is 5.23. The van der Waals surface area contributed by atoms with Crippen LogP contribution in [0.1, 0.15) is 25.8 Å². The summed E-state index contributed by atoms with van der Waals surface area (Å²) < 4.78 is 11.4. The van der Waals surface area contributed by atoms with Crippen molar-refractivity contribution in [1.29, 1.82) is 0 Å². The first-order valence-electron chi connectivity index (χ1n) is 7.15. The van der Waals surface area contributed by atoms with Crippen molar-refractivity contribution in [2.45, 2.75) is 32.5 Å². The van der Waals surface area contributed by atoms with Gasteiger partial charge in [0, 0.05) is 12.5 Å². The number of ether oxygens (including phenoxy) is 2. The van der Waals surface area contributed by atoms with Gasteiger partial charge in [0.1, 0.15) is 18.1 Å². The minimum Gasteiger partial charge on any atom is -0.493 e. The molecule has 0 saturated carbocycles. The zero-order valence-corrected chi connectivity index (χ0v) is 12.6. The second kappa shape index (κ2) is 7.14. The molecule has 0 bridgehead atoms. The molecule has 112 valence electrons. The standard InChI is InChI=1S/C18H22O3/c1-18(2,19)11-12-20-16-9-6-10-17(13-16)21-14-15-7-4-3-5-8-15/h3-10,13,19H,11-12,14H2,1-2H3. The summed E-state index contributed by atoms with van der Waals surface area (Å²) in [6.45, 7) is 4.56. The van der Waals surface area contributed by atoms with E-state index in [4.69, 9.17) is 9.47 Å². The lowest BCUT2D eigenvalue weighted by molar-refractivity contribution is 0.0553. The molecule has 2 aromatic rings. The van der Waals surface area contributed by atoms with Crippen LogP contribution in [0.15, 0.2) is 54.6 Å². The molecule has 3 nitrogen and oxygen atoms in total. The van der Waals surface area contributed by atoms with Crippen LogP contribution in [0.2, 0.25) is 0 Å². The van der Waals surface area contributed by atoms with Crippen molar-refractivity contribution in [3.05, 3.63) is 60.2 Å².